The summed E-state index contributed by atoms with van der Waals surface area (Å²) in [5.41, 5.74) is 1.51. The van der Waals surface area contributed by atoms with Crippen LogP contribution in [0.5, 0.6) is 0 Å². The Kier molecular flexibility index (Phi) is 4.52. The molecule has 2 aromatic heterocycles. The van der Waals surface area contributed by atoms with E-state index in [0.29, 0.717) is 22.1 Å². The highest BCUT2D eigenvalue weighted by Crippen LogP contribution is 2.22. The zero-order chi connectivity index (χ0) is 18.8. The monoisotopic (exact) mass is 382 g/mol. The van der Waals surface area contributed by atoms with Crippen molar-refractivity contribution in [2.75, 3.05) is 0 Å². The van der Waals surface area contributed by atoms with Crippen LogP contribution in [0.1, 0.15) is 5.56 Å². The Labute approximate surface area is 157 Å². The molecule has 0 amide bonds. The maximum atomic E-state index is 13.0. The van der Waals surface area contributed by atoms with E-state index in [2.05, 4.69) is 15.2 Å². The summed E-state index contributed by atoms with van der Waals surface area (Å²) in [6.45, 7) is 0.197. The highest BCUT2D eigenvalue weighted by molar-refractivity contribution is 6.30. The van der Waals surface area contributed by atoms with Gasteiger partial charge in [0.15, 0.2) is 0 Å². The molecule has 0 aliphatic heterocycles. The molecule has 8 heteroatoms. The van der Waals surface area contributed by atoms with Crippen LogP contribution < -0.4 is 5.56 Å². The molecule has 0 aliphatic carbocycles. The Balaban J connectivity index is 1.65. The maximum absolute atomic E-state index is 13.0. The van der Waals surface area contributed by atoms with Crippen LogP contribution in [0.3, 0.4) is 0 Å². The Morgan fingerprint density at radius 2 is 1.89 bits per heavy atom. The lowest BCUT2D eigenvalue weighted by molar-refractivity contribution is 0.429. The highest BCUT2D eigenvalue weighted by atomic mass is 35.5. The first-order valence-electron chi connectivity index (χ1n) is 8.01. The number of nitrogens with zero attached hydrogens (tertiary/aromatic N) is 4. The number of halogens is 2. The molecule has 6 nitrogen and oxygen atoms in total. The van der Waals surface area contributed by atoms with E-state index >= 15 is 0 Å². The quantitative estimate of drug-likeness (QED) is 0.536. The molecule has 0 spiro atoms. The normalized spacial score (nSPS) is 10.9. The van der Waals surface area contributed by atoms with Crippen molar-refractivity contribution in [2.24, 2.45) is 0 Å². The van der Waals surface area contributed by atoms with Gasteiger partial charge < -0.3 is 4.52 Å². The fourth-order valence-corrected chi connectivity index (χ4v) is 2.70. The van der Waals surface area contributed by atoms with Gasteiger partial charge in [0.1, 0.15) is 11.5 Å². The third-order valence-corrected chi connectivity index (χ3v) is 4.08. The molecule has 27 heavy (non-hydrogen) atoms. The van der Waals surface area contributed by atoms with E-state index in [-0.39, 0.29) is 23.8 Å². The number of hydrogen-bond acceptors (Lipinski definition) is 5. The topological polar surface area (TPSA) is 73.8 Å². The third-order valence-electron chi connectivity index (χ3n) is 3.84. The molecule has 0 radical (unpaired) electrons. The van der Waals surface area contributed by atoms with Gasteiger partial charge in [0.2, 0.25) is 5.82 Å². The molecule has 0 bridgehead atoms. The Morgan fingerprint density at radius 1 is 1.07 bits per heavy atom. The second-order valence-corrected chi connectivity index (χ2v) is 6.21. The molecule has 0 aliphatic rings. The molecule has 0 unspecified atom stereocenters. The van der Waals surface area contributed by atoms with E-state index in [9.17, 15) is 9.18 Å². The Bertz CT molecular complexity index is 1150. The minimum absolute atomic E-state index is 0.179. The van der Waals surface area contributed by atoms with Gasteiger partial charge in [-0.25, -0.2) is 9.07 Å². The summed E-state index contributed by atoms with van der Waals surface area (Å²) in [4.78, 5) is 16.4. The van der Waals surface area contributed by atoms with Gasteiger partial charge in [-0.05, 0) is 35.9 Å². The number of rotatable bonds is 4. The van der Waals surface area contributed by atoms with E-state index in [1.807, 2.05) is 6.07 Å². The molecule has 4 aromatic rings. The molecule has 134 valence electrons. The number of benzene rings is 2. The molecule has 0 fully saturated rings. The van der Waals surface area contributed by atoms with Crippen LogP contribution in [-0.2, 0) is 6.54 Å². The van der Waals surface area contributed by atoms with Crippen molar-refractivity contribution in [3.63, 3.8) is 0 Å². The third kappa shape index (κ3) is 3.78. The lowest BCUT2D eigenvalue weighted by Crippen LogP contribution is -2.22. The summed E-state index contributed by atoms with van der Waals surface area (Å²) >= 11 is 5.98. The predicted molar refractivity (Wildman–Crippen MR) is 97.7 cm³/mol. The van der Waals surface area contributed by atoms with Crippen molar-refractivity contribution < 1.29 is 8.91 Å². The summed E-state index contributed by atoms with van der Waals surface area (Å²) in [7, 11) is 0. The van der Waals surface area contributed by atoms with E-state index in [4.69, 9.17) is 16.1 Å². The van der Waals surface area contributed by atoms with Gasteiger partial charge in [0, 0.05) is 16.7 Å². The number of aromatic nitrogens is 4. The van der Waals surface area contributed by atoms with Crippen LogP contribution >= 0.6 is 11.6 Å². The lowest BCUT2D eigenvalue weighted by atomic mass is 10.2. The van der Waals surface area contributed by atoms with Crippen LogP contribution in [0.25, 0.3) is 23.0 Å². The fourth-order valence-electron chi connectivity index (χ4n) is 2.51. The van der Waals surface area contributed by atoms with Gasteiger partial charge >= 0.3 is 0 Å². The molecular formula is C19H12ClFN4O2. The van der Waals surface area contributed by atoms with Crippen LogP contribution in [0.2, 0.25) is 5.02 Å². The van der Waals surface area contributed by atoms with Crippen molar-refractivity contribution in [1.29, 1.82) is 0 Å². The van der Waals surface area contributed by atoms with Crippen molar-refractivity contribution in [3.05, 3.63) is 87.4 Å². The Morgan fingerprint density at radius 3 is 2.67 bits per heavy atom. The second-order valence-electron chi connectivity index (χ2n) is 5.77. The van der Waals surface area contributed by atoms with Crippen molar-refractivity contribution >= 4 is 11.6 Å². The first-order chi connectivity index (χ1) is 13.1. The van der Waals surface area contributed by atoms with Crippen LogP contribution in [-0.4, -0.2) is 19.9 Å². The standard InChI is InChI=1S/C19H12ClFN4O2/c20-14-3-1-2-13(10-14)18-22-19(27-24-18)16-8-9-17(26)25(23-16)11-12-4-6-15(21)7-5-12/h1-10H,11H2. The van der Waals surface area contributed by atoms with Crippen LogP contribution in [0, 0.1) is 5.82 Å². The molecule has 4 rings (SSSR count). The first-order valence-corrected chi connectivity index (χ1v) is 8.39. The summed E-state index contributed by atoms with van der Waals surface area (Å²) < 4.78 is 19.6. The maximum Gasteiger partial charge on any atom is 0.278 e. The van der Waals surface area contributed by atoms with Gasteiger partial charge in [-0.15, -0.1) is 0 Å². The first kappa shape index (κ1) is 17.1. The van der Waals surface area contributed by atoms with Crippen molar-refractivity contribution in [1.82, 2.24) is 19.9 Å². The van der Waals surface area contributed by atoms with Crippen molar-refractivity contribution in [2.45, 2.75) is 6.54 Å². The van der Waals surface area contributed by atoms with Gasteiger partial charge in [-0.3, -0.25) is 4.79 Å². The highest BCUT2D eigenvalue weighted by Gasteiger charge is 2.13. The zero-order valence-electron chi connectivity index (χ0n) is 13.8. The Hall–Kier alpha value is -3.32. The van der Waals surface area contributed by atoms with Crippen molar-refractivity contribution in [3.8, 4) is 23.0 Å². The molecule has 0 saturated heterocycles. The average Bonchev–Trinajstić information content (AvgIpc) is 3.15. The minimum atomic E-state index is -0.341. The summed E-state index contributed by atoms with van der Waals surface area (Å²) in [6, 6.07) is 15.8. The van der Waals surface area contributed by atoms with Gasteiger partial charge in [0.05, 0.1) is 6.54 Å². The molecule has 0 N–H and O–H groups in total. The van der Waals surface area contributed by atoms with E-state index < -0.39 is 0 Å². The molecule has 2 heterocycles. The number of hydrogen-bond donors (Lipinski definition) is 0. The smallest absolute Gasteiger partial charge is 0.278 e. The fraction of sp³-hybridized carbons (Fsp3) is 0.0526. The van der Waals surface area contributed by atoms with E-state index in [1.165, 1.54) is 28.9 Å². The summed E-state index contributed by atoms with van der Waals surface area (Å²) in [6.07, 6.45) is 0. The van der Waals surface area contributed by atoms with E-state index in [1.54, 1.807) is 30.3 Å². The lowest BCUT2D eigenvalue weighted by Gasteiger charge is -2.05. The molecule has 0 atom stereocenters. The summed E-state index contributed by atoms with van der Waals surface area (Å²) in [5.74, 6) is 0.204. The van der Waals surface area contributed by atoms with Crippen LogP contribution in [0.15, 0.2) is 70.0 Å². The minimum Gasteiger partial charge on any atom is -0.332 e. The SMILES string of the molecule is O=c1ccc(-c2nc(-c3cccc(Cl)c3)no2)nn1Cc1ccc(F)cc1. The molecule has 2 aromatic carbocycles. The van der Waals surface area contributed by atoms with Crippen LogP contribution in [0.4, 0.5) is 4.39 Å². The van der Waals surface area contributed by atoms with Gasteiger partial charge in [-0.1, -0.05) is 41.0 Å². The van der Waals surface area contributed by atoms with E-state index in [0.717, 1.165) is 5.56 Å². The summed E-state index contributed by atoms with van der Waals surface area (Å²) in [5, 5.41) is 8.77. The zero-order valence-corrected chi connectivity index (χ0v) is 14.6. The second kappa shape index (κ2) is 7.13. The molecule has 0 saturated carbocycles. The van der Waals surface area contributed by atoms with Gasteiger partial charge in [-0.2, -0.15) is 10.1 Å². The average molecular weight is 383 g/mol. The predicted octanol–water partition coefficient (Wildman–Crippen LogP) is 3.80. The van der Waals surface area contributed by atoms with Gasteiger partial charge in [0.25, 0.3) is 11.4 Å². The molecular weight excluding hydrogens is 371 g/mol. The largest absolute Gasteiger partial charge is 0.332 e.